The summed E-state index contributed by atoms with van der Waals surface area (Å²) in [7, 11) is 11.8. The Morgan fingerprint density at radius 2 is 0.839 bits per heavy atom. The number of methoxy groups -OCH3 is 8. The lowest BCUT2D eigenvalue weighted by Crippen LogP contribution is -2.30. The predicted molar refractivity (Wildman–Crippen MR) is 225 cm³/mol. The quantitative estimate of drug-likeness (QED) is 0.0802. The van der Waals surface area contributed by atoms with E-state index in [1.165, 1.54) is 69.3 Å². The molecule has 16 nitrogen and oxygen atoms in total. The Morgan fingerprint density at radius 3 is 1.15 bits per heavy atom. The van der Waals surface area contributed by atoms with Crippen molar-refractivity contribution in [2.75, 3.05) is 70.5 Å². The van der Waals surface area contributed by atoms with Crippen molar-refractivity contribution < 1.29 is 66.4 Å². The van der Waals surface area contributed by atoms with Crippen LogP contribution in [0.1, 0.15) is 45.2 Å². The lowest BCUT2D eigenvalue weighted by molar-refractivity contribution is -0.145. The average Bonchev–Trinajstić information content (AvgIpc) is 3.97. The van der Waals surface area contributed by atoms with Crippen molar-refractivity contribution in [1.82, 2.24) is 0 Å². The molecule has 0 aromatic heterocycles. The van der Waals surface area contributed by atoms with Crippen molar-refractivity contribution in [1.29, 1.82) is 0 Å². The number of nitrogens with zero attached hydrogens (tertiary/aromatic N) is 2. The number of fused-ring (bicyclic) bond motifs is 4. The van der Waals surface area contributed by atoms with Gasteiger partial charge in [0, 0.05) is 11.8 Å². The van der Waals surface area contributed by atoms with E-state index >= 15 is 0 Å². The van der Waals surface area contributed by atoms with Crippen molar-refractivity contribution in [3.8, 4) is 57.5 Å². The molecule has 2 aliphatic carbocycles. The van der Waals surface area contributed by atoms with Crippen LogP contribution < -0.4 is 47.4 Å². The predicted octanol–water partition coefficient (Wildman–Crippen LogP) is 6.59. The summed E-state index contributed by atoms with van der Waals surface area (Å²) in [4.78, 5) is 27.9. The van der Waals surface area contributed by atoms with Crippen molar-refractivity contribution in [2.24, 2.45) is 22.0 Å². The molecule has 4 aromatic rings. The van der Waals surface area contributed by atoms with E-state index in [0.717, 1.165) is 22.3 Å². The molecule has 16 heteroatoms. The first kappa shape index (κ1) is 41.4. The van der Waals surface area contributed by atoms with Gasteiger partial charge in [0.2, 0.25) is 25.1 Å². The van der Waals surface area contributed by atoms with Crippen LogP contribution in [-0.2, 0) is 19.1 Å². The van der Waals surface area contributed by atoms with E-state index < -0.39 is 35.6 Å². The maximum absolute atomic E-state index is 14.0. The Balaban J connectivity index is 1.24. The molecule has 0 unspecified atom stereocenters. The van der Waals surface area contributed by atoms with Gasteiger partial charge in [-0.25, -0.2) is 0 Å². The SMILES string of the molecule is COC(=O)[C@@H]1C(/C=N/N=C/C2=Cc3cc4c(cc3[C@@H](c3cc(OC)c(OC)c(OC)c3)[C@@H]2C(=O)OC)OCO4)=Cc2cc3c(cc2[C@H]1c1cc(OC)c(OC)c(OC)c1)OCO3. The first-order chi connectivity index (χ1) is 30.2. The molecule has 0 bridgehead atoms. The molecule has 322 valence electrons. The molecule has 0 saturated carbocycles. The van der Waals surface area contributed by atoms with E-state index in [0.29, 0.717) is 79.8 Å². The van der Waals surface area contributed by atoms with Gasteiger partial charge < -0.3 is 56.8 Å². The Labute approximate surface area is 357 Å². The topological polar surface area (TPSA) is 170 Å². The van der Waals surface area contributed by atoms with Crippen LogP contribution in [0.4, 0.5) is 0 Å². The maximum Gasteiger partial charge on any atom is 0.314 e. The minimum atomic E-state index is -0.924. The lowest BCUT2D eigenvalue weighted by Gasteiger charge is -2.32. The summed E-state index contributed by atoms with van der Waals surface area (Å²) in [6.07, 6.45) is 6.66. The maximum atomic E-state index is 14.0. The number of hydrogen-bond donors (Lipinski definition) is 0. The van der Waals surface area contributed by atoms with Gasteiger partial charge in [-0.05, 0) is 105 Å². The van der Waals surface area contributed by atoms with Crippen molar-refractivity contribution in [3.63, 3.8) is 0 Å². The van der Waals surface area contributed by atoms with E-state index in [-0.39, 0.29) is 13.6 Å². The third kappa shape index (κ3) is 7.20. The van der Waals surface area contributed by atoms with E-state index in [1.807, 2.05) is 36.4 Å². The Bertz CT molecular complexity index is 2340. The number of ether oxygens (including phenoxy) is 12. The Hall–Kier alpha value is -7.36. The van der Waals surface area contributed by atoms with Crippen LogP contribution in [0.25, 0.3) is 12.2 Å². The standard InChI is InChI=1S/C46H44N2O14/c1-51-35-13-25(14-36(52-2)43(35)55-5)39-29-17-33-31(59-21-61-33)11-23(29)9-27(41(39)45(49)57-7)19-47-48-20-28-10-24-12-32-34(62-22-60-32)18-30(24)40(42(28)46(50)58-8)26-15-37(53-3)44(56-6)38(16-26)54-4/h9-20,39-42H,21-22H2,1-8H3/b47-19+,48-20+/t39-,40-,41-,42-/m1/s1. The minimum Gasteiger partial charge on any atom is -0.493 e. The van der Waals surface area contributed by atoms with Gasteiger partial charge >= 0.3 is 11.9 Å². The van der Waals surface area contributed by atoms with Crippen LogP contribution >= 0.6 is 0 Å². The summed E-state index contributed by atoms with van der Waals surface area (Å²) in [5.41, 5.74) is 5.34. The number of esters is 2. The highest BCUT2D eigenvalue weighted by atomic mass is 16.7. The number of benzene rings is 4. The molecule has 4 aromatic carbocycles. The molecular weight excluding hydrogens is 805 g/mol. The Kier molecular flexibility index (Phi) is 11.6. The van der Waals surface area contributed by atoms with Crippen LogP contribution in [0.2, 0.25) is 0 Å². The number of carbonyl (C=O) groups is 2. The molecule has 0 radical (unpaired) electrons. The van der Waals surface area contributed by atoms with Gasteiger partial charge in [0.1, 0.15) is 0 Å². The van der Waals surface area contributed by atoms with Crippen molar-refractivity contribution >= 4 is 36.5 Å². The molecule has 62 heavy (non-hydrogen) atoms. The molecule has 0 spiro atoms. The van der Waals surface area contributed by atoms with Crippen LogP contribution in [0.5, 0.6) is 57.5 Å². The van der Waals surface area contributed by atoms with Crippen LogP contribution in [-0.4, -0.2) is 94.8 Å². The van der Waals surface area contributed by atoms with Gasteiger partial charge in [-0.15, -0.1) is 0 Å². The van der Waals surface area contributed by atoms with Crippen molar-refractivity contribution in [3.05, 3.63) is 93.1 Å². The summed E-state index contributed by atoms with van der Waals surface area (Å²) in [5.74, 6) is 0.369. The van der Waals surface area contributed by atoms with E-state index in [4.69, 9.17) is 56.8 Å². The lowest BCUT2D eigenvalue weighted by atomic mass is 9.71. The summed E-state index contributed by atoms with van der Waals surface area (Å²) < 4.78 is 67.9. The molecule has 8 rings (SSSR count). The van der Waals surface area contributed by atoms with Gasteiger partial charge in [-0.3, -0.25) is 9.59 Å². The number of rotatable bonds is 13. The van der Waals surface area contributed by atoms with Gasteiger partial charge in [-0.1, -0.05) is 0 Å². The fraction of sp³-hybridized carbons (Fsp3) is 0.304. The highest BCUT2D eigenvalue weighted by molar-refractivity contribution is 5.99. The minimum absolute atomic E-state index is 0.0524. The smallest absolute Gasteiger partial charge is 0.314 e. The van der Waals surface area contributed by atoms with E-state index in [2.05, 4.69) is 10.2 Å². The molecule has 2 aliphatic heterocycles. The fourth-order valence-corrected chi connectivity index (χ4v) is 8.56. The molecule has 0 saturated heterocycles. The van der Waals surface area contributed by atoms with E-state index in [1.54, 1.807) is 24.3 Å². The normalized spacial score (nSPS) is 19.2. The first-order valence-electron chi connectivity index (χ1n) is 19.3. The zero-order valence-corrected chi connectivity index (χ0v) is 35.3. The van der Waals surface area contributed by atoms with Gasteiger partial charge in [0.25, 0.3) is 0 Å². The monoisotopic (exact) mass is 848 g/mol. The summed E-state index contributed by atoms with van der Waals surface area (Å²) in [6.45, 7) is 0.105. The zero-order valence-electron chi connectivity index (χ0n) is 35.3. The van der Waals surface area contributed by atoms with Crippen molar-refractivity contribution in [2.45, 2.75) is 11.8 Å². The second kappa shape index (κ2) is 17.3. The second-order valence-corrected chi connectivity index (χ2v) is 14.3. The Morgan fingerprint density at radius 1 is 0.500 bits per heavy atom. The van der Waals surface area contributed by atoms with Gasteiger partial charge in [-0.2, -0.15) is 10.2 Å². The largest absolute Gasteiger partial charge is 0.493 e. The summed E-state index contributed by atoms with van der Waals surface area (Å²) in [6, 6.07) is 14.6. The van der Waals surface area contributed by atoms with Gasteiger partial charge in [0.15, 0.2) is 46.0 Å². The molecular formula is C46H44N2O14. The highest BCUT2D eigenvalue weighted by Crippen LogP contribution is 2.52. The summed E-state index contributed by atoms with van der Waals surface area (Å²) >= 11 is 0. The fourth-order valence-electron chi connectivity index (χ4n) is 8.56. The number of carbonyl (C=O) groups excluding carboxylic acids is 2. The van der Waals surface area contributed by atoms with Crippen LogP contribution in [0.15, 0.2) is 69.9 Å². The summed E-state index contributed by atoms with van der Waals surface area (Å²) in [5, 5.41) is 8.96. The molecule has 4 atom stereocenters. The van der Waals surface area contributed by atoms with E-state index in [9.17, 15) is 9.59 Å². The third-order valence-corrected chi connectivity index (χ3v) is 11.3. The molecule has 0 amide bonds. The van der Waals surface area contributed by atoms with Crippen LogP contribution in [0, 0.1) is 11.8 Å². The molecule has 0 N–H and O–H groups in total. The molecule has 4 aliphatic rings. The zero-order chi connectivity index (χ0) is 43.7. The number of hydrogen-bond acceptors (Lipinski definition) is 16. The highest BCUT2D eigenvalue weighted by Gasteiger charge is 2.42. The van der Waals surface area contributed by atoms with Gasteiger partial charge in [0.05, 0.1) is 81.1 Å². The molecule has 2 heterocycles. The average molecular weight is 849 g/mol. The molecule has 0 fully saturated rings. The van der Waals surface area contributed by atoms with Crippen LogP contribution in [0.3, 0.4) is 0 Å². The second-order valence-electron chi connectivity index (χ2n) is 14.3. The first-order valence-corrected chi connectivity index (χ1v) is 19.3. The third-order valence-electron chi connectivity index (χ3n) is 11.3.